The first-order chi connectivity index (χ1) is 8.88. The van der Waals surface area contributed by atoms with E-state index in [1.807, 2.05) is 0 Å². The molecule has 6 nitrogen and oxygen atoms in total. The first-order valence-electron chi connectivity index (χ1n) is 5.26. The molecule has 3 N–H and O–H groups in total. The summed E-state index contributed by atoms with van der Waals surface area (Å²) in [5.41, 5.74) is 6.41. The lowest BCUT2D eigenvalue weighted by atomic mass is 10.3. The van der Waals surface area contributed by atoms with Gasteiger partial charge in [-0.25, -0.2) is 18.4 Å². The van der Waals surface area contributed by atoms with Gasteiger partial charge >= 0.3 is 0 Å². The van der Waals surface area contributed by atoms with Gasteiger partial charge in [-0.05, 0) is 47.1 Å². The van der Waals surface area contributed by atoms with Gasteiger partial charge in [0.1, 0.15) is 15.3 Å². The number of anilines is 2. The molecule has 2 rings (SSSR count). The lowest BCUT2D eigenvalue weighted by Gasteiger charge is -2.10. The maximum absolute atomic E-state index is 12.1. The molecule has 0 spiro atoms. The molecule has 2 heterocycles. The molecule has 0 saturated carbocycles. The van der Waals surface area contributed by atoms with Crippen molar-refractivity contribution in [3.05, 3.63) is 40.8 Å². The van der Waals surface area contributed by atoms with Crippen molar-refractivity contribution in [1.29, 1.82) is 0 Å². The number of pyridine rings is 2. The van der Waals surface area contributed by atoms with Crippen molar-refractivity contribution in [3.63, 3.8) is 0 Å². The van der Waals surface area contributed by atoms with Gasteiger partial charge in [-0.15, -0.1) is 0 Å². The minimum absolute atomic E-state index is 0.0454. The van der Waals surface area contributed by atoms with Gasteiger partial charge in [0.05, 0.1) is 11.4 Å². The van der Waals surface area contributed by atoms with Crippen molar-refractivity contribution in [3.8, 4) is 0 Å². The normalized spacial score (nSPS) is 11.3. The molecule has 0 amide bonds. The third-order valence-corrected chi connectivity index (χ3v) is 4.16. The molecule has 100 valence electrons. The summed E-state index contributed by atoms with van der Waals surface area (Å²) in [6.07, 6.45) is 1.21. The van der Waals surface area contributed by atoms with Gasteiger partial charge in [-0.2, -0.15) is 0 Å². The summed E-state index contributed by atoms with van der Waals surface area (Å²) >= 11 is 3.22. The minimum atomic E-state index is -3.69. The van der Waals surface area contributed by atoms with Crippen LogP contribution >= 0.6 is 15.9 Å². The number of nitrogens with zero attached hydrogens (tertiary/aromatic N) is 2. The molecule has 0 aromatic carbocycles. The van der Waals surface area contributed by atoms with Crippen molar-refractivity contribution in [2.45, 2.75) is 11.8 Å². The number of nitrogen functional groups attached to an aromatic ring is 1. The van der Waals surface area contributed by atoms with E-state index in [9.17, 15) is 8.42 Å². The number of hydrogen-bond acceptors (Lipinski definition) is 5. The molecule has 0 aliphatic carbocycles. The maximum Gasteiger partial charge on any atom is 0.263 e. The highest BCUT2D eigenvalue weighted by Crippen LogP contribution is 2.20. The fourth-order valence-electron chi connectivity index (χ4n) is 1.39. The molecule has 2 aromatic heterocycles. The molecule has 0 aliphatic rings. The second kappa shape index (κ2) is 5.14. The summed E-state index contributed by atoms with van der Waals surface area (Å²) in [6.45, 7) is 1.71. The zero-order chi connectivity index (χ0) is 14.0. The van der Waals surface area contributed by atoms with Gasteiger partial charge in [0.2, 0.25) is 0 Å². The van der Waals surface area contributed by atoms with Crippen LogP contribution in [0.3, 0.4) is 0 Å². The van der Waals surface area contributed by atoms with Gasteiger partial charge in [-0.1, -0.05) is 0 Å². The average molecular weight is 343 g/mol. The molecule has 0 radical (unpaired) electrons. The monoisotopic (exact) mass is 342 g/mol. The predicted octanol–water partition coefficient (Wildman–Crippen LogP) is 1.93. The summed E-state index contributed by atoms with van der Waals surface area (Å²) in [6, 6.07) is 6.12. The number of aryl methyl sites for hydroxylation is 1. The van der Waals surface area contributed by atoms with E-state index < -0.39 is 10.0 Å². The standard InChI is InChI=1S/C11H11BrN4O2S/c1-7-9(3-4-10(12)15-7)16-19(17,18)8-2-5-11(13)14-6-8/h2-6,16H,1H3,(H2,13,14). The molecular formula is C11H11BrN4O2S. The van der Waals surface area contributed by atoms with Crippen LogP contribution in [0.5, 0.6) is 0 Å². The summed E-state index contributed by atoms with van der Waals surface area (Å²) in [4.78, 5) is 7.92. The first-order valence-corrected chi connectivity index (χ1v) is 7.53. The smallest absolute Gasteiger partial charge is 0.263 e. The summed E-state index contributed by atoms with van der Waals surface area (Å²) in [7, 11) is -3.69. The Balaban J connectivity index is 2.33. The number of aromatic nitrogens is 2. The Morgan fingerprint density at radius 3 is 2.58 bits per heavy atom. The quantitative estimate of drug-likeness (QED) is 0.830. The largest absolute Gasteiger partial charge is 0.384 e. The van der Waals surface area contributed by atoms with Crippen LogP contribution in [-0.2, 0) is 10.0 Å². The predicted molar refractivity (Wildman–Crippen MR) is 76.1 cm³/mol. The van der Waals surface area contributed by atoms with Crippen LogP contribution in [0, 0.1) is 6.92 Å². The Hall–Kier alpha value is -1.67. The highest BCUT2D eigenvalue weighted by molar-refractivity contribution is 9.10. The van der Waals surface area contributed by atoms with E-state index in [0.717, 1.165) is 0 Å². The molecule has 0 fully saturated rings. The average Bonchev–Trinajstić information content (AvgIpc) is 2.33. The third kappa shape index (κ3) is 3.21. The van der Waals surface area contributed by atoms with Gasteiger partial charge < -0.3 is 5.73 Å². The molecule has 2 aromatic rings. The van der Waals surface area contributed by atoms with Crippen molar-refractivity contribution in [2.75, 3.05) is 10.5 Å². The Morgan fingerprint density at radius 1 is 1.26 bits per heavy atom. The molecule has 0 bridgehead atoms. The lowest BCUT2D eigenvalue weighted by Crippen LogP contribution is -2.14. The Morgan fingerprint density at radius 2 is 2.00 bits per heavy atom. The summed E-state index contributed by atoms with van der Waals surface area (Å²) in [5, 5.41) is 0. The number of halogens is 1. The topological polar surface area (TPSA) is 98.0 Å². The van der Waals surface area contributed by atoms with Crippen LogP contribution in [0.15, 0.2) is 40.0 Å². The molecule has 0 aliphatic heterocycles. The number of hydrogen-bond donors (Lipinski definition) is 2. The first kappa shape index (κ1) is 13.8. The van der Waals surface area contributed by atoms with Crippen molar-refractivity contribution < 1.29 is 8.42 Å². The number of nitrogens with two attached hydrogens (primary N) is 1. The molecule has 0 unspecified atom stereocenters. The molecule has 19 heavy (non-hydrogen) atoms. The zero-order valence-corrected chi connectivity index (χ0v) is 12.4. The van der Waals surface area contributed by atoms with Crippen molar-refractivity contribution >= 4 is 37.5 Å². The third-order valence-electron chi connectivity index (χ3n) is 2.37. The van der Waals surface area contributed by atoms with Crippen LogP contribution in [-0.4, -0.2) is 18.4 Å². The number of nitrogens with one attached hydrogen (secondary N) is 1. The number of sulfonamides is 1. The van der Waals surface area contributed by atoms with Crippen LogP contribution in [0.1, 0.15) is 5.69 Å². The zero-order valence-electron chi connectivity index (χ0n) is 9.96. The lowest BCUT2D eigenvalue weighted by molar-refractivity contribution is 0.601. The van der Waals surface area contributed by atoms with Crippen LogP contribution in [0.4, 0.5) is 11.5 Å². The van der Waals surface area contributed by atoms with Crippen molar-refractivity contribution in [2.24, 2.45) is 0 Å². The minimum Gasteiger partial charge on any atom is -0.384 e. The summed E-state index contributed by atoms with van der Waals surface area (Å²) < 4.78 is 27.3. The summed E-state index contributed by atoms with van der Waals surface area (Å²) in [5.74, 6) is 0.264. The Kier molecular flexibility index (Phi) is 3.72. The fraction of sp³-hybridized carbons (Fsp3) is 0.0909. The van der Waals surface area contributed by atoms with E-state index in [2.05, 4.69) is 30.6 Å². The van der Waals surface area contributed by atoms with Gasteiger partial charge in [0.15, 0.2) is 0 Å². The van der Waals surface area contributed by atoms with E-state index in [-0.39, 0.29) is 10.7 Å². The van der Waals surface area contributed by atoms with E-state index in [1.54, 1.807) is 19.1 Å². The molecule has 0 saturated heterocycles. The van der Waals surface area contributed by atoms with Crippen molar-refractivity contribution in [1.82, 2.24) is 9.97 Å². The molecule has 8 heteroatoms. The second-order valence-electron chi connectivity index (χ2n) is 3.79. The van der Waals surface area contributed by atoms with E-state index in [4.69, 9.17) is 5.73 Å². The van der Waals surface area contributed by atoms with E-state index in [1.165, 1.54) is 18.3 Å². The van der Waals surface area contributed by atoms with E-state index in [0.29, 0.717) is 16.0 Å². The van der Waals surface area contributed by atoms with Crippen LogP contribution in [0.2, 0.25) is 0 Å². The van der Waals surface area contributed by atoms with Gasteiger partial charge in [0.25, 0.3) is 10.0 Å². The maximum atomic E-state index is 12.1. The number of rotatable bonds is 3. The highest BCUT2D eigenvalue weighted by Gasteiger charge is 2.16. The van der Waals surface area contributed by atoms with Gasteiger partial charge in [0, 0.05) is 6.20 Å². The molecular weight excluding hydrogens is 332 g/mol. The van der Waals surface area contributed by atoms with Crippen LogP contribution < -0.4 is 10.5 Å². The highest BCUT2D eigenvalue weighted by atomic mass is 79.9. The molecule has 0 atom stereocenters. The fourth-order valence-corrected chi connectivity index (χ4v) is 2.85. The SMILES string of the molecule is Cc1nc(Br)ccc1NS(=O)(=O)c1ccc(N)nc1. The Labute approximate surface area is 119 Å². The second-order valence-corrected chi connectivity index (χ2v) is 6.29. The van der Waals surface area contributed by atoms with Crippen LogP contribution in [0.25, 0.3) is 0 Å². The van der Waals surface area contributed by atoms with E-state index >= 15 is 0 Å². The Bertz CT molecular complexity index is 701. The van der Waals surface area contributed by atoms with Gasteiger partial charge in [-0.3, -0.25) is 4.72 Å².